The third-order valence-electron chi connectivity index (χ3n) is 1.46. The number of aldehydes is 1. The van der Waals surface area contributed by atoms with Crippen molar-refractivity contribution in [3.8, 4) is 0 Å². The molecule has 0 unspecified atom stereocenters. The van der Waals surface area contributed by atoms with Crippen LogP contribution < -0.4 is 5.73 Å². The van der Waals surface area contributed by atoms with E-state index < -0.39 is 0 Å². The quantitative estimate of drug-likeness (QED) is 0.546. The van der Waals surface area contributed by atoms with Gasteiger partial charge in [0.25, 0.3) is 0 Å². The van der Waals surface area contributed by atoms with Gasteiger partial charge in [-0.3, -0.25) is 0 Å². The van der Waals surface area contributed by atoms with Crippen LogP contribution in [0.15, 0.2) is 0 Å². The van der Waals surface area contributed by atoms with E-state index in [0.717, 1.165) is 12.7 Å². The second kappa shape index (κ2) is 3.61. The van der Waals surface area contributed by atoms with Gasteiger partial charge in [0.15, 0.2) is 0 Å². The maximum absolute atomic E-state index is 9.98. The minimum Gasteiger partial charge on any atom is -0.322 e. The van der Waals surface area contributed by atoms with Crippen molar-refractivity contribution in [1.82, 2.24) is 0 Å². The molecule has 0 aliphatic rings. The minimum atomic E-state index is -0.264. The summed E-state index contributed by atoms with van der Waals surface area (Å²) in [4.78, 5) is 9.98. The Morgan fingerprint density at radius 1 is 1.75 bits per heavy atom. The molecule has 2 heteroatoms. The van der Waals surface area contributed by atoms with Gasteiger partial charge in [0.2, 0.25) is 0 Å². The van der Waals surface area contributed by atoms with Gasteiger partial charge in [-0.15, -0.1) is 0 Å². The van der Waals surface area contributed by atoms with E-state index in [1.54, 1.807) is 0 Å². The predicted molar refractivity (Wildman–Crippen MR) is 33.5 cm³/mol. The fraction of sp³-hybridized carbons (Fsp3) is 0.833. The van der Waals surface area contributed by atoms with Gasteiger partial charge in [-0.25, -0.2) is 0 Å². The molecule has 0 saturated carbocycles. The molecule has 0 heterocycles. The number of carbonyl (C=O) groups excluding carboxylic acids is 1. The summed E-state index contributed by atoms with van der Waals surface area (Å²) in [5.74, 6) is 0.326. The Balaban J connectivity index is 3.44. The molecular weight excluding hydrogens is 102 g/mol. The monoisotopic (exact) mass is 115 g/mol. The molecule has 0 aromatic rings. The summed E-state index contributed by atoms with van der Waals surface area (Å²) in [6, 6.07) is -0.264. The highest BCUT2D eigenvalue weighted by Crippen LogP contribution is 2.01. The Morgan fingerprint density at radius 3 is 2.38 bits per heavy atom. The molecule has 2 nitrogen and oxygen atoms in total. The van der Waals surface area contributed by atoms with Gasteiger partial charge in [-0.2, -0.15) is 0 Å². The third kappa shape index (κ3) is 2.07. The van der Waals surface area contributed by atoms with Crippen LogP contribution in [-0.4, -0.2) is 12.3 Å². The molecule has 0 fully saturated rings. The molecule has 0 aromatic carbocycles. The molecule has 8 heavy (non-hydrogen) atoms. The Bertz CT molecular complexity index is 72.9. The highest BCUT2D eigenvalue weighted by molar-refractivity contribution is 5.57. The molecule has 0 saturated heterocycles. The van der Waals surface area contributed by atoms with Crippen LogP contribution >= 0.6 is 0 Å². The van der Waals surface area contributed by atoms with Gasteiger partial charge in [0.1, 0.15) is 6.29 Å². The van der Waals surface area contributed by atoms with Crippen LogP contribution in [0, 0.1) is 5.92 Å². The maximum Gasteiger partial charge on any atom is 0.136 e. The van der Waals surface area contributed by atoms with Crippen LogP contribution in [-0.2, 0) is 4.79 Å². The Morgan fingerprint density at radius 2 is 2.25 bits per heavy atom. The Labute approximate surface area is 50.1 Å². The van der Waals surface area contributed by atoms with E-state index in [0.29, 0.717) is 5.92 Å². The van der Waals surface area contributed by atoms with Crippen LogP contribution in [0.5, 0.6) is 0 Å². The van der Waals surface area contributed by atoms with Crippen LogP contribution in [0.3, 0.4) is 0 Å². The van der Waals surface area contributed by atoms with Gasteiger partial charge in [0.05, 0.1) is 6.04 Å². The molecule has 0 radical (unpaired) electrons. The first kappa shape index (κ1) is 7.63. The second-order valence-electron chi connectivity index (χ2n) is 2.10. The number of hydrogen-bond acceptors (Lipinski definition) is 2. The molecular formula is C6H13NO. The zero-order valence-electron chi connectivity index (χ0n) is 5.42. The average Bonchev–Trinajstić information content (AvgIpc) is 1.84. The summed E-state index contributed by atoms with van der Waals surface area (Å²) in [6.45, 7) is 3.99. The molecule has 48 valence electrons. The average molecular weight is 115 g/mol. The van der Waals surface area contributed by atoms with Gasteiger partial charge >= 0.3 is 0 Å². The second-order valence-corrected chi connectivity index (χ2v) is 2.10. The Hall–Kier alpha value is -0.370. The smallest absolute Gasteiger partial charge is 0.136 e. The summed E-state index contributed by atoms with van der Waals surface area (Å²) >= 11 is 0. The van der Waals surface area contributed by atoms with Crippen molar-refractivity contribution in [1.29, 1.82) is 0 Å². The summed E-state index contributed by atoms with van der Waals surface area (Å²) < 4.78 is 0. The first-order valence-corrected chi connectivity index (χ1v) is 2.93. The SMILES string of the molecule is CC[C@@H](C)[C@H](N)C=O. The molecule has 0 amide bonds. The first-order chi connectivity index (χ1) is 3.72. The van der Waals surface area contributed by atoms with Crippen LogP contribution in [0.1, 0.15) is 20.3 Å². The van der Waals surface area contributed by atoms with Crippen LogP contribution in [0.25, 0.3) is 0 Å². The zero-order valence-corrected chi connectivity index (χ0v) is 5.42. The molecule has 0 bridgehead atoms. The number of nitrogens with two attached hydrogens (primary N) is 1. The van der Waals surface area contributed by atoms with E-state index >= 15 is 0 Å². The van der Waals surface area contributed by atoms with Gasteiger partial charge < -0.3 is 10.5 Å². The predicted octanol–water partition coefficient (Wildman–Crippen LogP) is 0.559. The lowest BCUT2D eigenvalue weighted by Gasteiger charge is -2.09. The van der Waals surface area contributed by atoms with E-state index in [1.807, 2.05) is 13.8 Å². The van der Waals surface area contributed by atoms with Crippen molar-refractivity contribution in [2.45, 2.75) is 26.3 Å². The molecule has 0 aliphatic heterocycles. The van der Waals surface area contributed by atoms with E-state index in [1.165, 1.54) is 0 Å². The number of rotatable bonds is 3. The first-order valence-electron chi connectivity index (χ1n) is 2.93. The lowest BCUT2D eigenvalue weighted by molar-refractivity contribution is -0.109. The van der Waals surface area contributed by atoms with E-state index in [9.17, 15) is 4.79 Å². The largest absolute Gasteiger partial charge is 0.322 e. The van der Waals surface area contributed by atoms with Crippen LogP contribution in [0.4, 0.5) is 0 Å². The molecule has 2 N–H and O–H groups in total. The lowest BCUT2D eigenvalue weighted by Crippen LogP contribution is -2.28. The van der Waals surface area contributed by atoms with Crippen molar-refractivity contribution in [3.63, 3.8) is 0 Å². The van der Waals surface area contributed by atoms with Gasteiger partial charge in [0, 0.05) is 0 Å². The van der Waals surface area contributed by atoms with Crippen molar-refractivity contribution in [2.75, 3.05) is 0 Å². The fourth-order valence-electron chi connectivity index (χ4n) is 0.406. The molecule has 0 rings (SSSR count). The molecule has 0 aromatic heterocycles. The van der Waals surface area contributed by atoms with Crippen molar-refractivity contribution in [2.24, 2.45) is 11.7 Å². The highest BCUT2D eigenvalue weighted by Gasteiger charge is 2.07. The standard InChI is InChI=1S/C6H13NO/c1-3-5(2)6(7)4-8/h4-6H,3,7H2,1-2H3/t5-,6-/m1/s1. The van der Waals surface area contributed by atoms with Crippen molar-refractivity contribution in [3.05, 3.63) is 0 Å². The number of carbonyl (C=O) groups is 1. The Kier molecular flexibility index (Phi) is 3.44. The minimum absolute atomic E-state index is 0.264. The fourth-order valence-corrected chi connectivity index (χ4v) is 0.406. The lowest BCUT2D eigenvalue weighted by atomic mass is 10.0. The van der Waals surface area contributed by atoms with Crippen molar-refractivity contribution < 1.29 is 4.79 Å². The van der Waals surface area contributed by atoms with E-state index in [-0.39, 0.29) is 6.04 Å². The van der Waals surface area contributed by atoms with Gasteiger partial charge in [-0.05, 0) is 5.92 Å². The molecule has 2 atom stereocenters. The van der Waals surface area contributed by atoms with E-state index in [4.69, 9.17) is 5.73 Å². The summed E-state index contributed by atoms with van der Waals surface area (Å²) in [7, 11) is 0. The van der Waals surface area contributed by atoms with Gasteiger partial charge in [-0.1, -0.05) is 20.3 Å². The maximum atomic E-state index is 9.98. The normalized spacial score (nSPS) is 17.4. The summed E-state index contributed by atoms with van der Waals surface area (Å²) in [6.07, 6.45) is 1.77. The number of hydrogen-bond donors (Lipinski definition) is 1. The molecule has 0 aliphatic carbocycles. The topological polar surface area (TPSA) is 43.1 Å². The zero-order chi connectivity index (χ0) is 6.57. The summed E-state index contributed by atoms with van der Waals surface area (Å²) in [5.41, 5.74) is 5.36. The molecule has 0 spiro atoms. The third-order valence-corrected chi connectivity index (χ3v) is 1.46. The van der Waals surface area contributed by atoms with Crippen molar-refractivity contribution >= 4 is 6.29 Å². The highest BCUT2D eigenvalue weighted by atomic mass is 16.1. The van der Waals surface area contributed by atoms with Crippen LogP contribution in [0.2, 0.25) is 0 Å². The van der Waals surface area contributed by atoms with E-state index in [2.05, 4.69) is 0 Å². The summed E-state index contributed by atoms with van der Waals surface area (Å²) in [5, 5.41) is 0.